The Kier molecular flexibility index (Phi) is 6.64. The number of rotatable bonds is 5. The number of aliphatic hydroxyl groups excluding tert-OH is 1. The van der Waals surface area contributed by atoms with Gasteiger partial charge >= 0.3 is 6.09 Å². The van der Waals surface area contributed by atoms with Gasteiger partial charge < -0.3 is 19.5 Å². The number of ether oxygens (including phenoxy) is 2. The van der Waals surface area contributed by atoms with E-state index in [0.717, 1.165) is 17.0 Å². The van der Waals surface area contributed by atoms with E-state index in [1.807, 2.05) is 75.4 Å². The molecule has 1 unspecified atom stereocenters. The largest absolute Gasteiger partial charge is 0.489 e. The number of aliphatic hydroxyl groups is 1. The molecule has 1 aliphatic rings. The third-order valence-corrected chi connectivity index (χ3v) is 4.77. The summed E-state index contributed by atoms with van der Waals surface area (Å²) < 4.78 is 11.3. The van der Waals surface area contributed by atoms with Gasteiger partial charge in [0, 0.05) is 25.3 Å². The molecule has 1 N–H and O–H groups in total. The van der Waals surface area contributed by atoms with Crippen molar-refractivity contribution in [2.45, 2.75) is 39.0 Å². The number of nitrogens with zero attached hydrogens (tertiary/aromatic N) is 2. The molecule has 1 fully saturated rings. The number of benzene rings is 2. The molecule has 6 heteroatoms. The number of carbonyl (C=O) groups excluding carboxylic acids is 1. The molecule has 0 bridgehead atoms. The molecule has 0 radical (unpaired) electrons. The van der Waals surface area contributed by atoms with Crippen molar-refractivity contribution < 1.29 is 19.4 Å². The summed E-state index contributed by atoms with van der Waals surface area (Å²) in [6.07, 6.45) is -0.374. The third-order valence-electron chi connectivity index (χ3n) is 4.77. The van der Waals surface area contributed by atoms with Crippen LogP contribution in [-0.4, -0.2) is 54.0 Å². The van der Waals surface area contributed by atoms with Gasteiger partial charge in [0.05, 0.1) is 12.6 Å². The van der Waals surface area contributed by atoms with Crippen molar-refractivity contribution in [1.29, 1.82) is 0 Å². The summed E-state index contributed by atoms with van der Waals surface area (Å²) in [5.74, 6) is 0.809. The first-order valence-electron chi connectivity index (χ1n) is 9.98. The summed E-state index contributed by atoms with van der Waals surface area (Å²) in [4.78, 5) is 16.2. The zero-order valence-corrected chi connectivity index (χ0v) is 17.4. The molecule has 2 aromatic rings. The lowest BCUT2D eigenvalue weighted by atomic mass is 10.1. The van der Waals surface area contributed by atoms with Gasteiger partial charge in [-0.25, -0.2) is 4.79 Å². The minimum absolute atomic E-state index is 0.103. The number of anilines is 1. The molecule has 0 aromatic heterocycles. The molecule has 1 aliphatic heterocycles. The maximum absolute atomic E-state index is 12.4. The maximum Gasteiger partial charge on any atom is 0.410 e. The van der Waals surface area contributed by atoms with Gasteiger partial charge in [-0.2, -0.15) is 0 Å². The molecule has 3 rings (SSSR count). The van der Waals surface area contributed by atoms with E-state index < -0.39 is 5.60 Å². The van der Waals surface area contributed by atoms with Crippen LogP contribution in [-0.2, 0) is 11.3 Å². The Hall–Kier alpha value is -2.73. The Balaban J connectivity index is 1.58. The van der Waals surface area contributed by atoms with Gasteiger partial charge in [-0.05, 0) is 50.6 Å². The third kappa shape index (κ3) is 5.87. The highest BCUT2D eigenvalue weighted by Gasteiger charge is 2.33. The van der Waals surface area contributed by atoms with E-state index in [-0.39, 0.29) is 18.7 Å². The van der Waals surface area contributed by atoms with Crippen molar-refractivity contribution in [3.05, 3.63) is 60.2 Å². The smallest absolute Gasteiger partial charge is 0.410 e. The molecule has 156 valence electrons. The van der Waals surface area contributed by atoms with Crippen LogP contribution in [0.2, 0.25) is 0 Å². The minimum atomic E-state index is -0.552. The van der Waals surface area contributed by atoms with Gasteiger partial charge in [0.25, 0.3) is 0 Å². The normalized spacial score (nSPS) is 17.2. The van der Waals surface area contributed by atoms with Gasteiger partial charge in [0.15, 0.2) is 0 Å². The predicted octanol–water partition coefficient (Wildman–Crippen LogP) is 3.68. The number of piperazine rings is 1. The molecule has 6 nitrogen and oxygen atoms in total. The molecule has 1 saturated heterocycles. The lowest BCUT2D eigenvalue weighted by Crippen LogP contribution is -2.57. The Morgan fingerprint density at radius 1 is 1.07 bits per heavy atom. The molecule has 1 heterocycles. The van der Waals surface area contributed by atoms with Crippen LogP contribution in [0.3, 0.4) is 0 Å². The highest BCUT2D eigenvalue weighted by atomic mass is 16.6. The predicted molar refractivity (Wildman–Crippen MR) is 113 cm³/mol. The number of amides is 1. The maximum atomic E-state index is 12.4. The zero-order chi connectivity index (χ0) is 20.9. The number of hydrogen-bond donors (Lipinski definition) is 1. The van der Waals surface area contributed by atoms with Gasteiger partial charge in [-0.1, -0.05) is 30.3 Å². The monoisotopic (exact) mass is 398 g/mol. The van der Waals surface area contributed by atoms with Gasteiger partial charge in [-0.15, -0.1) is 0 Å². The standard InChI is InChI=1S/C23H30N2O4/c1-23(2,3)29-22(27)25-14-13-24(15-20(25)16-26)19-9-11-21(12-10-19)28-17-18-7-5-4-6-8-18/h4-12,20,26H,13-17H2,1-3H3. The molecular weight excluding hydrogens is 368 g/mol. The van der Waals surface area contributed by atoms with Crippen LogP contribution in [0, 0.1) is 0 Å². The highest BCUT2D eigenvalue weighted by Crippen LogP contribution is 2.24. The molecule has 0 saturated carbocycles. The van der Waals surface area contributed by atoms with Crippen LogP contribution in [0.15, 0.2) is 54.6 Å². The van der Waals surface area contributed by atoms with Crippen LogP contribution in [0.4, 0.5) is 10.5 Å². The minimum Gasteiger partial charge on any atom is -0.489 e. The average molecular weight is 399 g/mol. The van der Waals surface area contributed by atoms with E-state index in [1.54, 1.807) is 4.90 Å². The van der Waals surface area contributed by atoms with Crippen molar-refractivity contribution in [2.75, 3.05) is 31.1 Å². The van der Waals surface area contributed by atoms with Crippen LogP contribution < -0.4 is 9.64 Å². The second-order valence-corrected chi connectivity index (χ2v) is 8.22. The topological polar surface area (TPSA) is 62.2 Å². The number of carbonyl (C=O) groups is 1. The summed E-state index contributed by atoms with van der Waals surface area (Å²) in [6.45, 7) is 7.70. The van der Waals surface area contributed by atoms with Gasteiger partial charge in [-0.3, -0.25) is 4.90 Å². The van der Waals surface area contributed by atoms with E-state index in [4.69, 9.17) is 9.47 Å². The second-order valence-electron chi connectivity index (χ2n) is 8.22. The van der Waals surface area contributed by atoms with Crippen LogP contribution in [0.1, 0.15) is 26.3 Å². The Labute approximate surface area is 172 Å². The Bertz CT molecular complexity index is 787. The van der Waals surface area contributed by atoms with Gasteiger partial charge in [0.1, 0.15) is 18.0 Å². The lowest BCUT2D eigenvalue weighted by molar-refractivity contribution is 0.00704. The van der Waals surface area contributed by atoms with E-state index in [0.29, 0.717) is 26.2 Å². The average Bonchev–Trinajstić information content (AvgIpc) is 2.71. The van der Waals surface area contributed by atoms with Crippen LogP contribution >= 0.6 is 0 Å². The van der Waals surface area contributed by atoms with Crippen molar-refractivity contribution in [3.63, 3.8) is 0 Å². The van der Waals surface area contributed by atoms with E-state index in [1.165, 1.54) is 0 Å². The fourth-order valence-electron chi connectivity index (χ4n) is 3.30. The van der Waals surface area contributed by atoms with Crippen LogP contribution in [0.25, 0.3) is 0 Å². The first-order valence-corrected chi connectivity index (χ1v) is 9.98. The molecule has 0 aliphatic carbocycles. The fraction of sp³-hybridized carbons (Fsp3) is 0.435. The summed E-state index contributed by atoms with van der Waals surface area (Å²) >= 11 is 0. The lowest BCUT2D eigenvalue weighted by Gasteiger charge is -2.42. The van der Waals surface area contributed by atoms with E-state index in [9.17, 15) is 9.90 Å². The first-order chi connectivity index (χ1) is 13.9. The molecular formula is C23H30N2O4. The highest BCUT2D eigenvalue weighted by molar-refractivity contribution is 5.69. The molecule has 0 spiro atoms. The first kappa shape index (κ1) is 21.0. The number of hydrogen-bond acceptors (Lipinski definition) is 5. The van der Waals surface area contributed by atoms with E-state index in [2.05, 4.69) is 4.90 Å². The van der Waals surface area contributed by atoms with E-state index >= 15 is 0 Å². The van der Waals surface area contributed by atoms with Crippen molar-refractivity contribution in [1.82, 2.24) is 4.90 Å². The SMILES string of the molecule is CC(C)(C)OC(=O)N1CCN(c2ccc(OCc3ccccc3)cc2)CC1CO. The summed E-state index contributed by atoms with van der Waals surface area (Å²) in [5.41, 5.74) is 1.61. The molecule has 29 heavy (non-hydrogen) atoms. The molecule has 1 atom stereocenters. The fourth-order valence-corrected chi connectivity index (χ4v) is 3.30. The van der Waals surface area contributed by atoms with Crippen LogP contribution in [0.5, 0.6) is 5.75 Å². The molecule has 2 aromatic carbocycles. The Morgan fingerprint density at radius 2 is 1.76 bits per heavy atom. The molecule has 1 amide bonds. The van der Waals surface area contributed by atoms with Crippen molar-refractivity contribution in [3.8, 4) is 5.75 Å². The summed E-state index contributed by atoms with van der Waals surface area (Å²) in [7, 11) is 0. The zero-order valence-electron chi connectivity index (χ0n) is 17.4. The Morgan fingerprint density at radius 3 is 2.38 bits per heavy atom. The van der Waals surface area contributed by atoms with Gasteiger partial charge in [0.2, 0.25) is 0 Å². The summed E-state index contributed by atoms with van der Waals surface area (Å²) in [5, 5.41) is 9.80. The summed E-state index contributed by atoms with van der Waals surface area (Å²) in [6, 6.07) is 17.7. The van der Waals surface area contributed by atoms with Crippen molar-refractivity contribution in [2.24, 2.45) is 0 Å². The quantitative estimate of drug-likeness (QED) is 0.832. The second kappa shape index (κ2) is 9.18. The van der Waals surface area contributed by atoms with Crippen molar-refractivity contribution >= 4 is 11.8 Å².